The summed E-state index contributed by atoms with van der Waals surface area (Å²) < 4.78 is 40.9. The fraction of sp³-hybridized carbons (Fsp3) is 0.100. The van der Waals surface area contributed by atoms with Crippen molar-refractivity contribution in [2.75, 3.05) is 0 Å². The van der Waals surface area contributed by atoms with Crippen molar-refractivity contribution < 1.29 is 18.0 Å². The molecule has 0 aliphatic rings. The van der Waals surface area contributed by atoms with Crippen LogP contribution in [0.5, 0.6) is 0 Å². The number of carbonyl (C=O) groups is 1. The van der Waals surface area contributed by atoms with Crippen molar-refractivity contribution in [3.63, 3.8) is 0 Å². The van der Waals surface area contributed by atoms with Gasteiger partial charge in [0.1, 0.15) is 11.6 Å². The van der Waals surface area contributed by atoms with Crippen LogP contribution in [-0.4, -0.2) is 12.1 Å². The van der Waals surface area contributed by atoms with Crippen LogP contribution in [0.25, 0.3) is 11.1 Å². The maximum Gasteiger partial charge on any atom is 0.417 e. The molecule has 6 heteroatoms. The van der Waals surface area contributed by atoms with Gasteiger partial charge in [0.2, 0.25) is 0 Å². The number of alkyl halides is 3. The molecule has 26 heavy (non-hydrogen) atoms. The first-order chi connectivity index (χ1) is 12.2. The van der Waals surface area contributed by atoms with Gasteiger partial charge in [0.05, 0.1) is 5.57 Å². The van der Waals surface area contributed by atoms with Crippen molar-refractivity contribution in [3.8, 4) is 6.07 Å². The average molecular weight is 356 g/mol. The van der Waals surface area contributed by atoms with Crippen LogP contribution < -0.4 is 5.73 Å². The van der Waals surface area contributed by atoms with Gasteiger partial charge in [0.25, 0.3) is 5.91 Å². The Morgan fingerprint density at radius 2 is 1.62 bits per heavy atom. The van der Waals surface area contributed by atoms with Gasteiger partial charge in [0, 0.05) is 5.57 Å². The molecular weight excluding hydrogens is 341 g/mol. The lowest BCUT2D eigenvalue weighted by atomic mass is 9.94. The minimum absolute atomic E-state index is 0.0774. The zero-order valence-electron chi connectivity index (χ0n) is 13.8. The van der Waals surface area contributed by atoms with E-state index in [2.05, 4.69) is 0 Å². The predicted molar refractivity (Wildman–Crippen MR) is 93.4 cm³/mol. The fourth-order valence-electron chi connectivity index (χ4n) is 2.37. The second-order valence-electron chi connectivity index (χ2n) is 5.55. The number of allylic oxidation sites excluding steroid dienone is 3. The van der Waals surface area contributed by atoms with Crippen molar-refractivity contribution in [1.29, 1.82) is 5.26 Å². The number of hydrogen-bond donors (Lipinski definition) is 1. The Labute approximate surface area is 148 Å². The van der Waals surface area contributed by atoms with Crippen LogP contribution in [-0.2, 0) is 4.79 Å². The molecule has 0 bridgehead atoms. The lowest BCUT2D eigenvalue weighted by Gasteiger charge is -2.14. The molecule has 0 aromatic heterocycles. The zero-order valence-corrected chi connectivity index (χ0v) is 13.8. The maximum absolute atomic E-state index is 13.6. The molecular formula is C20H15F3N2O. The molecule has 132 valence electrons. The molecule has 1 amide bonds. The SMILES string of the molecule is Cc1ccc(C(/C=C(\c2ccccc2)C(F)(F)F)=C(\C#N)C(N)=O)cc1. The molecule has 2 aromatic rings. The molecule has 0 unspecified atom stereocenters. The number of primary amides is 1. The van der Waals surface area contributed by atoms with Gasteiger partial charge in [-0.3, -0.25) is 4.79 Å². The lowest BCUT2D eigenvalue weighted by Crippen LogP contribution is -2.15. The van der Waals surface area contributed by atoms with E-state index in [1.807, 2.05) is 6.92 Å². The third-order valence-corrected chi connectivity index (χ3v) is 3.67. The highest BCUT2D eigenvalue weighted by molar-refractivity contribution is 6.07. The Balaban J connectivity index is 2.79. The number of nitriles is 1. The molecule has 0 aliphatic carbocycles. The molecule has 0 spiro atoms. The summed E-state index contributed by atoms with van der Waals surface area (Å²) >= 11 is 0. The number of hydrogen-bond acceptors (Lipinski definition) is 2. The standard InChI is InChI=1S/C20H15F3N2O/c1-13-7-9-14(10-8-13)16(17(12-24)19(25)26)11-18(20(21,22)23)15-5-3-2-4-6-15/h2-11H,1H3,(H2,25,26)/b17-16+,18-11+. The predicted octanol–water partition coefficient (Wildman–Crippen LogP) is 4.40. The highest BCUT2D eigenvalue weighted by atomic mass is 19.4. The molecule has 0 saturated carbocycles. The third kappa shape index (κ3) is 4.39. The number of nitrogens with zero attached hydrogens (tertiary/aromatic N) is 1. The highest BCUT2D eigenvalue weighted by Gasteiger charge is 2.35. The molecule has 0 saturated heterocycles. The topological polar surface area (TPSA) is 66.9 Å². The van der Waals surface area contributed by atoms with E-state index >= 15 is 0 Å². The van der Waals surface area contributed by atoms with E-state index in [4.69, 9.17) is 5.73 Å². The van der Waals surface area contributed by atoms with E-state index in [9.17, 15) is 23.2 Å². The molecule has 2 N–H and O–H groups in total. The molecule has 0 fully saturated rings. The summed E-state index contributed by atoms with van der Waals surface area (Å²) in [7, 11) is 0. The highest BCUT2D eigenvalue weighted by Crippen LogP contribution is 2.37. The lowest BCUT2D eigenvalue weighted by molar-refractivity contribution is -0.114. The number of carbonyl (C=O) groups excluding carboxylic acids is 1. The summed E-state index contributed by atoms with van der Waals surface area (Å²) in [5.74, 6) is -1.09. The van der Waals surface area contributed by atoms with Crippen LogP contribution in [0.2, 0.25) is 0 Å². The molecule has 0 aliphatic heterocycles. The minimum atomic E-state index is -4.69. The van der Waals surface area contributed by atoms with Gasteiger partial charge in [-0.25, -0.2) is 0 Å². The van der Waals surface area contributed by atoms with E-state index in [-0.39, 0.29) is 11.1 Å². The number of amides is 1. The summed E-state index contributed by atoms with van der Waals surface area (Å²) in [6.45, 7) is 1.81. The van der Waals surface area contributed by atoms with Gasteiger partial charge in [0.15, 0.2) is 0 Å². The zero-order chi connectivity index (χ0) is 19.3. The molecule has 0 radical (unpaired) electrons. The Kier molecular flexibility index (Phi) is 5.63. The Morgan fingerprint density at radius 3 is 2.08 bits per heavy atom. The van der Waals surface area contributed by atoms with E-state index in [1.54, 1.807) is 36.4 Å². The summed E-state index contributed by atoms with van der Waals surface area (Å²) in [4.78, 5) is 11.6. The van der Waals surface area contributed by atoms with Crippen molar-refractivity contribution in [2.24, 2.45) is 5.73 Å². The quantitative estimate of drug-likeness (QED) is 0.501. The minimum Gasteiger partial charge on any atom is -0.365 e. The summed E-state index contributed by atoms with van der Waals surface area (Å²) in [5.41, 5.74) is 4.63. The number of aryl methyl sites for hydroxylation is 1. The molecule has 2 aromatic carbocycles. The summed E-state index contributed by atoms with van der Waals surface area (Å²) in [5, 5.41) is 9.25. The van der Waals surface area contributed by atoms with E-state index in [1.165, 1.54) is 24.3 Å². The molecule has 2 rings (SSSR count). The van der Waals surface area contributed by atoms with Crippen LogP contribution in [0.3, 0.4) is 0 Å². The van der Waals surface area contributed by atoms with Crippen molar-refractivity contribution >= 4 is 17.1 Å². The van der Waals surface area contributed by atoms with Crippen molar-refractivity contribution in [1.82, 2.24) is 0 Å². The number of nitrogens with two attached hydrogens (primary N) is 1. The van der Waals surface area contributed by atoms with E-state index < -0.39 is 23.2 Å². The second-order valence-corrected chi connectivity index (χ2v) is 5.55. The Bertz CT molecular complexity index is 903. The van der Waals surface area contributed by atoms with Crippen LogP contribution >= 0.6 is 0 Å². The van der Waals surface area contributed by atoms with Crippen LogP contribution in [0.15, 0.2) is 66.2 Å². The van der Waals surface area contributed by atoms with Gasteiger partial charge in [-0.1, -0.05) is 60.2 Å². The van der Waals surface area contributed by atoms with Gasteiger partial charge in [-0.2, -0.15) is 18.4 Å². The Morgan fingerprint density at radius 1 is 1.04 bits per heavy atom. The smallest absolute Gasteiger partial charge is 0.365 e. The van der Waals surface area contributed by atoms with Gasteiger partial charge in [-0.15, -0.1) is 0 Å². The van der Waals surface area contributed by atoms with Gasteiger partial charge in [-0.05, 0) is 24.1 Å². The van der Waals surface area contributed by atoms with Gasteiger partial charge < -0.3 is 5.73 Å². The third-order valence-electron chi connectivity index (χ3n) is 3.67. The first-order valence-corrected chi connectivity index (χ1v) is 7.59. The monoisotopic (exact) mass is 356 g/mol. The number of benzene rings is 2. The molecule has 0 heterocycles. The Hall–Kier alpha value is -3.33. The number of rotatable bonds is 4. The van der Waals surface area contributed by atoms with E-state index in [0.29, 0.717) is 5.56 Å². The normalized spacial score (nSPS) is 13.0. The average Bonchev–Trinajstić information content (AvgIpc) is 2.58. The molecule has 0 atom stereocenters. The maximum atomic E-state index is 13.6. The summed E-state index contributed by atoms with van der Waals surface area (Å²) in [6.07, 6.45) is -3.89. The fourth-order valence-corrected chi connectivity index (χ4v) is 2.37. The molecule has 3 nitrogen and oxygen atoms in total. The largest absolute Gasteiger partial charge is 0.417 e. The first-order valence-electron chi connectivity index (χ1n) is 7.59. The van der Waals surface area contributed by atoms with Crippen LogP contribution in [0, 0.1) is 18.3 Å². The van der Waals surface area contributed by atoms with Crippen LogP contribution in [0.4, 0.5) is 13.2 Å². The van der Waals surface area contributed by atoms with Crippen LogP contribution in [0.1, 0.15) is 16.7 Å². The van der Waals surface area contributed by atoms with E-state index in [0.717, 1.165) is 11.6 Å². The number of halogens is 3. The van der Waals surface area contributed by atoms with Gasteiger partial charge >= 0.3 is 6.18 Å². The van der Waals surface area contributed by atoms with Crippen molar-refractivity contribution in [3.05, 3.63) is 82.9 Å². The van der Waals surface area contributed by atoms with Crippen molar-refractivity contribution in [2.45, 2.75) is 13.1 Å². The second kappa shape index (κ2) is 7.70. The summed E-state index contributed by atoms with van der Waals surface area (Å²) in [6, 6.07) is 15.2. The first kappa shape index (κ1) is 19.0.